The molecule has 1 heterocycles. The number of nitrogens with zero attached hydrogens (tertiary/aromatic N) is 2. The molecule has 1 amide bonds. The van der Waals surface area contributed by atoms with Gasteiger partial charge in [0.05, 0.1) is 10.6 Å². The van der Waals surface area contributed by atoms with E-state index < -0.39 is 15.9 Å². The summed E-state index contributed by atoms with van der Waals surface area (Å²) >= 11 is 3.14. The summed E-state index contributed by atoms with van der Waals surface area (Å²) in [7, 11) is -3.81. The van der Waals surface area contributed by atoms with Gasteiger partial charge in [0.2, 0.25) is 21.8 Å². The number of aromatic amines is 1. The SMILES string of the molecule is Nc1n[nH]c(C(=O)Nc2ccc(S(N)(=O)=O)cc2Br)n1. The lowest BCUT2D eigenvalue weighted by atomic mass is 10.3. The van der Waals surface area contributed by atoms with Crippen LogP contribution in [0.25, 0.3) is 0 Å². The van der Waals surface area contributed by atoms with Crippen molar-refractivity contribution in [2.75, 3.05) is 11.1 Å². The number of hydrogen-bond acceptors (Lipinski definition) is 6. The Bertz CT molecular complexity index is 772. The molecule has 2 aromatic rings. The molecular weight excluding hydrogens is 352 g/mol. The number of carbonyl (C=O) groups is 1. The first-order valence-electron chi connectivity index (χ1n) is 5.09. The van der Waals surface area contributed by atoms with Gasteiger partial charge in [-0.2, -0.15) is 4.98 Å². The first-order valence-corrected chi connectivity index (χ1v) is 7.43. The molecule has 0 saturated carbocycles. The summed E-state index contributed by atoms with van der Waals surface area (Å²) < 4.78 is 22.7. The molecular formula is C9H9BrN6O3S. The smallest absolute Gasteiger partial charge is 0.293 e. The molecule has 0 saturated heterocycles. The Labute approximate surface area is 121 Å². The van der Waals surface area contributed by atoms with Gasteiger partial charge < -0.3 is 11.1 Å². The van der Waals surface area contributed by atoms with Crippen LogP contribution in [0.3, 0.4) is 0 Å². The number of nitrogen functional groups attached to an aromatic ring is 1. The molecule has 0 spiro atoms. The predicted octanol–water partition coefficient (Wildman–Crippen LogP) is 0.0491. The molecule has 0 unspecified atom stereocenters. The van der Waals surface area contributed by atoms with E-state index in [1.54, 1.807) is 0 Å². The standard InChI is InChI=1S/C9H9BrN6O3S/c10-5-3-4(20(12,18)19)1-2-6(5)13-8(17)7-14-9(11)16-15-7/h1-3H,(H,13,17)(H2,12,18,19)(H3,11,14,15,16). The lowest BCUT2D eigenvalue weighted by molar-refractivity contribution is 0.101. The fourth-order valence-corrected chi connectivity index (χ4v) is 2.50. The highest BCUT2D eigenvalue weighted by Gasteiger charge is 2.14. The summed E-state index contributed by atoms with van der Waals surface area (Å²) in [4.78, 5) is 15.4. The number of carbonyl (C=O) groups excluding carboxylic acids is 1. The lowest BCUT2D eigenvalue weighted by Crippen LogP contribution is -2.15. The highest BCUT2D eigenvalue weighted by Crippen LogP contribution is 2.25. The van der Waals surface area contributed by atoms with Gasteiger partial charge in [-0.1, -0.05) is 0 Å². The van der Waals surface area contributed by atoms with Gasteiger partial charge in [0, 0.05) is 4.47 Å². The van der Waals surface area contributed by atoms with Gasteiger partial charge in [0.15, 0.2) is 0 Å². The first-order chi connectivity index (χ1) is 9.27. The van der Waals surface area contributed by atoms with Crippen molar-refractivity contribution >= 4 is 43.5 Å². The van der Waals surface area contributed by atoms with Crippen molar-refractivity contribution in [3.8, 4) is 0 Å². The summed E-state index contributed by atoms with van der Waals surface area (Å²) in [6.07, 6.45) is 0. The minimum atomic E-state index is -3.81. The molecule has 1 aromatic heterocycles. The Kier molecular flexibility index (Phi) is 3.74. The zero-order chi connectivity index (χ0) is 14.9. The van der Waals surface area contributed by atoms with Crippen LogP contribution in [-0.4, -0.2) is 29.5 Å². The topological polar surface area (TPSA) is 157 Å². The van der Waals surface area contributed by atoms with E-state index in [1.165, 1.54) is 18.2 Å². The maximum Gasteiger partial charge on any atom is 0.293 e. The number of nitrogens with two attached hydrogens (primary N) is 2. The van der Waals surface area contributed by atoms with Crippen molar-refractivity contribution < 1.29 is 13.2 Å². The summed E-state index contributed by atoms with van der Waals surface area (Å²) in [6.45, 7) is 0. The number of primary sulfonamides is 1. The summed E-state index contributed by atoms with van der Waals surface area (Å²) in [5, 5.41) is 13.4. The van der Waals surface area contributed by atoms with Crippen LogP contribution in [0.2, 0.25) is 0 Å². The predicted molar refractivity (Wildman–Crippen MR) is 74.3 cm³/mol. The Morgan fingerprint density at radius 2 is 2.10 bits per heavy atom. The number of H-pyrrole nitrogens is 1. The van der Waals surface area contributed by atoms with Gasteiger partial charge in [0.1, 0.15) is 0 Å². The second-order valence-electron chi connectivity index (χ2n) is 3.68. The summed E-state index contributed by atoms with van der Waals surface area (Å²) in [5.74, 6) is -0.693. The van der Waals surface area contributed by atoms with E-state index in [-0.39, 0.29) is 16.7 Å². The zero-order valence-corrected chi connectivity index (χ0v) is 12.2. The van der Waals surface area contributed by atoms with Crippen molar-refractivity contribution in [2.45, 2.75) is 4.90 Å². The summed E-state index contributed by atoms with van der Waals surface area (Å²) in [6, 6.07) is 3.94. The number of halogens is 1. The van der Waals surface area contributed by atoms with Crippen molar-refractivity contribution in [1.82, 2.24) is 15.2 Å². The Morgan fingerprint density at radius 3 is 2.60 bits per heavy atom. The third kappa shape index (κ3) is 3.12. The molecule has 0 fully saturated rings. The minimum Gasteiger partial charge on any atom is -0.366 e. The fraction of sp³-hybridized carbons (Fsp3) is 0. The van der Waals surface area contributed by atoms with E-state index in [1.807, 2.05) is 0 Å². The van der Waals surface area contributed by atoms with Gasteiger partial charge in [-0.05, 0) is 34.1 Å². The molecule has 2 rings (SSSR count). The Balaban J connectivity index is 2.25. The van der Waals surface area contributed by atoms with Gasteiger partial charge in [-0.3, -0.25) is 9.89 Å². The van der Waals surface area contributed by atoms with Crippen LogP contribution in [0.5, 0.6) is 0 Å². The van der Waals surface area contributed by atoms with Crippen molar-refractivity contribution in [2.24, 2.45) is 5.14 Å². The number of anilines is 2. The molecule has 0 aliphatic carbocycles. The van der Waals surface area contributed by atoms with Crippen LogP contribution in [0, 0.1) is 0 Å². The highest BCUT2D eigenvalue weighted by atomic mass is 79.9. The van der Waals surface area contributed by atoms with Crippen LogP contribution in [-0.2, 0) is 10.0 Å². The molecule has 106 valence electrons. The number of benzene rings is 1. The first kappa shape index (κ1) is 14.4. The van der Waals surface area contributed by atoms with Gasteiger partial charge in [-0.25, -0.2) is 13.6 Å². The van der Waals surface area contributed by atoms with Crippen molar-refractivity contribution in [1.29, 1.82) is 0 Å². The molecule has 11 heteroatoms. The molecule has 0 bridgehead atoms. The van der Waals surface area contributed by atoms with Crippen LogP contribution >= 0.6 is 15.9 Å². The molecule has 20 heavy (non-hydrogen) atoms. The van der Waals surface area contributed by atoms with Crippen molar-refractivity contribution in [3.63, 3.8) is 0 Å². The largest absolute Gasteiger partial charge is 0.366 e. The number of amides is 1. The van der Waals surface area contributed by atoms with Crippen LogP contribution in [0.4, 0.5) is 11.6 Å². The third-order valence-electron chi connectivity index (χ3n) is 2.24. The zero-order valence-electron chi connectivity index (χ0n) is 9.79. The normalized spacial score (nSPS) is 11.3. The molecule has 6 N–H and O–H groups in total. The number of hydrogen-bond donors (Lipinski definition) is 4. The van der Waals surface area contributed by atoms with E-state index in [4.69, 9.17) is 10.9 Å². The third-order valence-corrected chi connectivity index (χ3v) is 3.80. The number of sulfonamides is 1. The molecule has 9 nitrogen and oxygen atoms in total. The Morgan fingerprint density at radius 1 is 1.40 bits per heavy atom. The number of aromatic nitrogens is 3. The molecule has 0 aliphatic rings. The van der Waals surface area contributed by atoms with E-state index >= 15 is 0 Å². The van der Waals surface area contributed by atoms with Crippen molar-refractivity contribution in [3.05, 3.63) is 28.5 Å². The monoisotopic (exact) mass is 360 g/mol. The molecule has 0 atom stereocenters. The van der Waals surface area contributed by atoms with Crippen LogP contribution in [0.15, 0.2) is 27.6 Å². The van der Waals surface area contributed by atoms with E-state index in [0.29, 0.717) is 10.2 Å². The number of rotatable bonds is 3. The van der Waals surface area contributed by atoms with Crippen LogP contribution in [0.1, 0.15) is 10.6 Å². The Hall–Kier alpha value is -1.98. The maximum atomic E-state index is 11.8. The second kappa shape index (κ2) is 5.19. The molecule has 0 aliphatic heterocycles. The second-order valence-corrected chi connectivity index (χ2v) is 6.10. The minimum absolute atomic E-state index is 0.0567. The lowest BCUT2D eigenvalue weighted by Gasteiger charge is -2.07. The molecule has 1 aromatic carbocycles. The van der Waals surface area contributed by atoms with E-state index in [9.17, 15) is 13.2 Å². The van der Waals surface area contributed by atoms with Gasteiger partial charge >= 0.3 is 0 Å². The summed E-state index contributed by atoms with van der Waals surface area (Å²) in [5.41, 5.74) is 5.63. The highest BCUT2D eigenvalue weighted by molar-refractivity contribution is 9.10. The van der Waals surface area contributed by atoms with Gasteiger partial charge in [-0.15, -0.1) is 5.10 Å². The average Bonchev–Trinajstić information content (AvgIpc) is 2.77. The van der Waals surface area contributed by atoms with E-state index in [2.05, 4.69) is 36.4 Å². The fourth-order valence-electron chi connectivity index (χ4n) is 1.33. The number of nitrogens with one attached hydrogen (secondary N) is 2. The maximum absolute atomic E-state index is 11.8. The average molecular weight is 361 g/mol. The van der Waals surface area contributed by atoms with E-state index in [0.717, 1.165) is 0 Å². The molecule has 0 radical (unpaired) electrons. The quantitative estimate of drug-likeness (QED) is 0.605. The van der Waals surface area contributed by atoms with Gasteiger partial charge in [0.25, 0.3) is 5.91 Å². The van der Waals surface area contributed by atoms with Crippen LogP contribution < -0.4 is 16.2 Å².